The van der Waals surface area contributed by atoms with Crippen molar-refractivity contribution < 1.29 is 28.8 Å². The van der Waals surface area contributed by atoms with Crippen LogP contribution in [0.5, 0.6) is 5.75 Å². The summed E-state index contributed by atoms with van der Waals surface area (Å²) in [5.74, 6) is -0.735. The van der Waals surface area contributed by atoms with Crippen LogP contribution in [0.4, 0.5) is 16.2 Å². The average molecular weight is 392 g/mol. The molecule has 2 amide bonds. The number of non-ortho nitro benzene ring substituents is 1. The maximum absolute atomic E-state index is 12.6. The van der Waals surface area contributed by atoms with Crippen molar-refractivity contribution in [1.82, 2.24) is 9.80 Å². The quantitative estimate of drug-likeness (QED) is 0.316. The number of piperazine rings is 1. The van der Waals surface area contributed by atoms with Gasteiger partial charge in [-0.1, -0.05) is 0 Å². The van der Waals surface area contributed by atoms with Crippen LogP contribution in [-0.2, 0) is 14.3 Å². The molecule has 1 fully saturated rings. The first-order valence-corrected chi connectivity index (χ1v) is 8.82. The number of rotatable bonds is 4. The second-order valence-electron chi connectivity index (χ2n) is 6.31. The number of benzene rings is 1. The minimum Gasteiger partial charge on any atom is -0.450 e. The molecule has 2 aliphatic heterocycles. The zero-order valence-electron chi connectivity index (χ0n) is 15.3. The van der Waals surface area contributed by atoms with Crippen molar-refractivity contribution in [3.63, 3.8) is 0 Å². The number of nitro groups is 1. The monoisotopic (exact) mass is 392 g/mol. The highest BCUT2D eigenvalue weighted by Gasteiger charge is 2.30. The lowest BCUT2D eigenvalue weighted by Gasteiger charge is -2.36. The molecule has 0 spiro atoms. The van der Waals surface area contributed by atoms with E-state index in [2.05, 4.69) is 0 Å². The van der Waals surface area contributed by atoms with Gasteiger partial charge in [0.2, 0.25) is 5.91 Å². The Morgan fingerprint density at radius 3 is 2.54 bits per heavy atom. The molecule has 0 unspecified atom stereocenters. The number of anilines is 1. The molecular formula is C17H20N4O7. The number of fused-ring (bicyclic) bond motifs is 1. The van der Waals surface area contributed by atoms with Gasteiger partial charge in [0, 0.05) is 32.2 Å². The van der Waals surface area contributed by atoms with Crippen molar-refractivity contribution >= 4 is 29.3 Å². The van der Waals surface area contributed by atoms with Crippen molar-refractivity contribution in [3.8, 4) is 5.75 Å². The van der Waals surface area contributed by atoms with Crippen LogP contribution in [0.3, 0.4) is 0 Å². The molecule has 11 heteroatoms. The zero-order chi connectivity index (χ0) is 20.3. The van der Waals surface area contributed by atoms with Crippen molar-refractivity contribution in [3.05, 3.63) is 28.3 Å². The summed E-state index contributed by atoms with van der Waals surface area (Å²) in [7, 11) is 0. The number of hydrogen-bond acceptors (Lipinski definition) is 8. The van der Waals surface area contributed by atoms with E-state index >= 15 is 0 Å². The van der Waals surface area contributed by atoms with Gasteiger partial charge < -0.3 is 24.2 Å². The second kappa shape index (κ2) is 8.11. The molecule has 28 heavy (non-hydrogen) atoms. The van der Waals surface area contributed by atoms with Gasteiger partial charge in [0.25, 0.3) is 5.69 Å². The minimum atomic E-state index is -0.590. The van der Waals surface area contributed by atoms with Crippen LogP contribution in [-0.4, -0.2) is 78.6 Å². The van der Waals surface area contributed by atoms with Crippen LogP contribution in [0.25, 0.3) is 0 Å². The zero-order valence-corrected chi connectivity index (χ0v) is 15.3. The number of carbonyl (C=O) groups excluding carboxylic acids is 3. The number of nitrogens with zero attached hydrogens (tertiary/aromatic N) is 4. The fourth-order valence-electron chi connectivity index (χ4n) is 3.11. The Morgan fingerprint density at radius 2 is 1.89 bits per heavy atom. The van der Waals surface area contributed by atoms with Gasteiger partial charge in [0.15, 0.2) is 5.75 Å². The summed E-state index contributed by atoms with van der Waals surface area (Å²) in [6, 6.07) is 3.93. The van der Waals surface area contributed by atoms with Crippen LogP contribution in [0, 0.1) is 10.1 Å². The van der Waals surface area contributed by atoms with Gasteiger partial charge in [0.1, 0.15) is 6.54 Å². The molecule has 1 aromatic carbocycles. The van der Waals surface area contributed by atoms with E-state index in [-0.39, 0.29) is 30.4 Å². The Hall–Kier alpha value is -3.37. The summed E-state index contributed by atoms with van der Waals surface area (Å²) in [6.07, 6.45) is -0.399. The normalized spacial score (nSPS) is 16.3. The highest BCUT2D eigenvalue weighted by molar-refractivity contribution is 5.89. The van der Waals surface area contributed by atoms with Gasteiger partial charge in [-0.25, -0.2) is 9.59 Å². The molecule has 0 aliphatic carbocycles. The second-order valence-corrected chi connectivity index (χ2v) is 6.31. The third kappa shape index (κ3) is 4.13. The van der Waals surface area contributed by atoms with E-state index in [9.17, 15) is 24.5 Å². The van der Waals surface area contributed by atoms with E-state index < -0.39 is 17.0 Å². The van der Waals surface area contributed by atoms with Crippen molar-refractivity contribution in [1.29, 1.82) is 0 Å². The maximum Gasteiger partial charge on any atom is 0.409 e. The van der Waals surface area contributed by atoms with E-state index in [4.69, 9.17) is 9.47 Å². The topological polar surface area (TPSA) is 123 Å². The van der Waals surface area contributed by atoms with Crippen molar-refractivity contribution in [2.75, 3.05) is 50.8 Å². The summed E-state index contributed by atoms with van der Waals surface area (Å²) >= 11 is 0. The van der Waals surface area contributed by atoms with E-state index in [0.717, 1.165) is 0 Å². The number of esters is 1. The molecule has 1 aromatic rings. The van der Waals surface area contributed by atoms with Crippen molar-refractivity contribution in [2.24, 2.45) is 0 Å². The molecule has 2 heterocycles. The third-order valence-corrected chi connectivity index (χ3v) is 4.52. The van der Waals surface area contributed by atoms with Crippen LogP contribution in [0.1, 0.15) is 6.92 Å². The summed E-state index contributed by atoms with van der Waals surface area (Å²) < 4.78 is 10.0. The maximum atomic E-state index is 12.6. The summed E-state index contributed by atoms with van der Waals surface area (Å²) in [4.78, 5) is 51.2. The predicted octanol–water partition coefficient (Wildman–Crippen LogP) is 0.621. The number of ether oxygens (including phenoxy) is 2. The average Bonchev–Trinajstić information content (AvgIpc) is 2.67. The largest absolute Gasteiger partial charge is 0.450 e. The lowest BCUT2D eigenvalue weighted by atomic mass is 10.2. The van der Waals surface area contributed by atoms with E-state index in [1.807, 2.05) is 0 Å². The molecule has 0 atom stereocenters. The Bertz CT molecular complexity index is 805. The summed E-state index contributed by atoms with van der Waals surface area (Å²) in [5, 5.41) is 10.9. The lowest BCUT2D eigenvalue weighted by Crippen LogP contribution is -2.53. The predicted molar refractivity (Wildman–Crippen MR) is 96.1 cm³/mol. The molecule has 2 aliphatic rings. The highest BCUT2D eigenvalue weighted by atomic mass is 16.6. The van der Waals surface area contributed by atoms with Crippen molar-refractivity contribution in [2.45, 2.75) is 6.92 Å². The molecule has 3 rings (SSSR count). The van der Waals surface area contributed by atoms with Gasteiger partial charge in [-0.3, -0.25) is 14.9 Å². The number of nitro benzene ring substituents is 1. The van der Waals surface area contributed by atoms with Gasteiger partial charge in [-0.05, 0) is 13.0 Å². The summed E-state index contributed by atoms with van der Waals surface area (Å²) in [6.45, 7) is 3.30. The van der Waals surface area contributed by atoms with Gasteiger partial charge >= 0.3 is 12.1 Å². The lowest BCUT2D eigenvalue weighted by molar-refractivity contribution is -0.384. The molecule has 1 saturated heterocycles. The molecule has 11 nitrogen and oxygen atoms in total. The van der Waals surface area contributed by atoms with Crippen LogP contribution < -0.4 is 9.64 Å². The Balaban J connectivity index is 1.64. The van der Waals surface area contributed by atoms with Gasteiger partial charge in [-0.15, -0.1) is 0 Å². The number of hydrogen-bond donors (Lipinski definition) is 0. The first-order valence-electron chi connectivity index (χ1n) is 8.82. The molecule has 0 radical (unpaired) electrons. The summed E-state index contributed by atoms with van der Waals surface area (Å²) in [5.41, 5.74) is 0.249. The smallest absolute Gasteiger partial charge is 0.409 e. The molecule has 0 bridgehead atoms. The van der Waals surface area contributed by atoms with E-state index in [1.54, 1.807) is 16.7 Å². The molecular weight excluding hydrogens is 372 g/mol. The molecule has 0 saturated carbocycles. The van der Waals surface area contributed by atoms with Gasteiger partial charge in [0.05, 0.1) is 29.8 Å². The Kier molecular flexibility index (Phi) is 5.62. The fraction of sp³-hybridized carbons (Fsp3) is 0.471. The fourth-order valence-corrected chi connectivity index (χ4v) is 3.11. The molecule has 0 aromatic heterocycles. The minimum absolute atomic E-state index is 0.0605. The Morgan fingerprint density at radius 1 is 1.21 bits per heavy atom. The molecule has 0 N–H and O–H groups in total. The third-order valence-electron chi connectivity index (χ3n) is 4.52. The van der Waals surface area contributed by atoms with E-state index in [0.29, 0.717) is 38.5 Å². The van der Waals surface area contributed by atoms with Crippen LogP contribution in [0.15, 0.2) is 18.2 Å². The van der Waals surface area contributed by atoms with Gasteiger partial charge in [-0.2, -0.15) is 0 Å². The Labute approximate surface area is 160 Å². The molecule has 150 valence electrons. The van der Waals surface area contributed by atoms with Crippen LogP contribution in [0.2, 0.25) is 0 Å². The first kappa shape index (κ1) is 19.4. The number of carbonyl (C=O) groups is 3. The first-order chi connectivity index (χ1) is 13.4. The van der Waals surface area contributed by atoms with Crippen LogP contribution >= 0.6 is 0 Å². The highest BCUT2D eigenvalue weighted by Crippen LogP contribution is 2.35. The number of amides is 2. The van der Waals surface area contributed by atoms with E-state index in [1.165, 1.54) is 23.1 Å². The SMILES string of the molecule is CCOC(=O)N1CCN(C(=O)CN2CC(=O)Oc3cc([N+](=O)[O-])ccc32)CC1. The standard InChI is InChI=1S/C17H20N4O7/c1-2-27-17(24)19-7-5-18(6-8-19)15(22)10-20-11-16(23)28-14-9-12(21(25)26)3-4-13(14)20/h3-4,9H,2,5-8,10-11H2,1H3.